The molecule has 1 heterocycles. The van der Waals surface area contributed by atoms with Gasteiger partial charge in [0.25, 0.3) is 0 Å². The quantitative estimate of drug-likeness (QED) is 0.697. The first-order chi connectivity index (χ1) is 13.0. The SMILES string of the molecule is COc1ccc(C2=NC(C)(C)CO2)c(C(CCCCO)c2ccccc2)c1. The van der Waals surface area contributed by atoms with Gasteiger partial charge in [-0.3, -0.25) is 0 Å². The lowest BCUT2D eigenvalue weighted by Crippen LogP contribution is -2.17. The Morgan fingerprint density at radius 3 is 2.56 bits per heavy atom. The third kappa shape index (κ3) is 4.69. The van der Waals surface area contributed by atoms with Gasteiger partial charge in [-0.15, -0.1) is 0 Å². The Balaban J connectivity index is 2.06. The minimum absolute atomic E-state index is 0.192. The van der Waals surface area contributed by atoms with Gasteiger partial charge in [0, 0.05) is 18.1 Å². The first-order valence-electron chi connectivity index (χ1n) is 9.61. The summed E-state index contributed by atoms with van der Waals surface area (Å²) < 4.78 is 11.5. The van der Waals surface area contributed by atoms with Gasteiger partial charge in [0.15, 0.2) is 0 Å². The van der Waals surface area contributed by atoms with Gasteiger partial charge in [-0.05, 0) is 56.0 Å². The summed E-state index contributed by atoms with van der Waals surface area (Å²) in [4.78, 5) is 4.79. The molecule has 0 aliphatic carbocycles. The number of rotatable bonds is 8. The maximum atomic E-state index is 9.23. The molecule has 0 saturated heterocycles. The summed E-state index contributed by atoms with van der Waals surface area (Å²) in [7, 11) is 1.69. The third-order valence-electron chi connectivity index (χ3n) is 4.93. The Bertz CT molecular complexity index is 783. The van der Waals surface area contributed by atoms with Crippen LogP contribution in [0.2, 0.25) is 0 Å². The number of unbranched alkanes of at least 4 members (excludes halogenated alkanes) is 1. The van der Waals surface area contributed by atoms with Crippen LogP contribution >= 0.6 is 0 Å². The fourth-order valence-electron chi connectivity index (χ4n) is 3.52. The lowest BCUT2D eigenvalue weighted by Gasteiger charge is -2.22. The number of nitrogens with zero attached hydrogens (tertiary/aromatic N) is 1. The monoisotopic (exact) mass is 367 g/mol. The maximum Gasteiger partial charge on any atom is 0.217 e. The molecule has 3 rings (SSSR count). The van der Waals surface area contributed by atoms with E-state index in [1.807, 2.05) is 12.1 Å². The highest BCUT2D eigenvalue weighted by molar-refractivity contribution is 5.97. The molecule has 27 heavy (non-hydrogen) atoms. The van der Waals surface area contributed by atoms with Crippen molar-refractivity contribution in [2.45, 2.75) is 44.6 Å². The second-order valence-corrected chi connectivity index (χ2v) is 7.65. The number of benzene rings is 2. The Kier molecular flexibility index (Phi) is 6.17. The van der Waals surface area contributed by atoms with Crippen molar-refractivity contribution in [2.24, 2.45) is 4.99 Å². The largest absolute Gasteiger partial charge is 0.497 e. The van der Waals surface area contributed by atoms with E-state index in [1.54, 1.807) is 7.11 Å². The lowest BCUT2D eigenvalue weighted by molar-refractivity contribution is 0.279. The lowest BCUT2D eigenvalue weighted by atomic mass is 9.84. The van der Waals surface area contributed by atoms with Gasteiger partial charge in [0.2, 0.25) is 5.90 Å². The molecular formula is C23H29NO3. The van der Waals surface area contributed by atoms with Gasteiger partial charge >= 0.3 is 0 Å². The summed E-state index contributed by atoms with van der Waals surface area (Å²) in [5, 5.41) is 9.23. The molecule has 0 fully saturated rings. The van der Waals surface area contributed by atoms with Crippen LogP contribution in [0.3, 0.4) is 0 Å². The number of ether oxygens (including phenoxy) is 2. The van der Waals surface area contributed by atoms with Crippen LogP contribution in [0.15, 0.2) is 53.5 Å². The summed E-state index contributed by atoms with van der Waals surface area (Å²) >= 11 is 0. The van der Waals surface area contributed by atoms with E-state index >= 15 is 0 Å². The van der Waals surface area contributed by atoms with E-state index in [4.69, 9.17) is 14.5 Å². The molecule has 0 radical (unpaired) electrons. The predicted molar refractivity (Wildman–Crippen MR) is 109 cm³/mol. The standard InChI is InChI=1S/C23H29NO3/c1-23(2)16-27-22(24-23)20-13-12-18(26-3)15-21(20)19(11-7-8-14-25)17-9-5-4-6-10-17/h4-6,9-10,12-13,15,19,25H,7-8,11,14,16H2,1-3H3. The normalized spacial score (nSPS) is 16.5. The minimum atomic E-state index is -0.203. The Hall–Kier alpha value is -2.33. The summed E-state index contributed by atoms with van der Waals surface area (Å²) in [5.74, 6) is 1.73. The van der Waals surface area contributed by atoms with Crippen LogP contribution in [-0.2, 0) is 4.74 Å². The fraction of sp³-hybridized carbons (Fsp3) is 0.435. The van der Waals surface area contributed by atoms with Crippen molar-refractivity contribution in [3.63, 3.8) is 0 Å². The first kappa shape index (κ1) is 19.4. The first-order valence-corrected chi connectivity index (χ1v) is 9.61. The van der Waals surface area contributed by atoms with Crippen molar-refractivity contribution in [3.8, 4) is 5.75 Å². The summed E-state index contributed by atoms with van der Waals surface area (Å²) in [5.41, 5.74) is 3.24. The van der Waals surface area contributed by atoms with Gasteiger partial charge in [-0.25, -0.2) is 4.99 Å². The van der Waals surface area contributed by atoms with Gasteiger partial charge < -0.3 is 14.6 Å². The number of hydrogen-bond acceptors (Lipinski definition) is 4. The van der Waals surface area contributed by atoms with E-state index in [0.717, 1.165) is 36.1 Å². The predicted octanol–water partition coefficient (Wildman–Crippen LogP) is 4.55. The summed E-state index contributed by atoms with van der Waals surface area (Å²) in [6, 6.07) is 16.6. The van der Waals surface area contributed by atoms with E-state index < -0.39 is 0 Å². The summed E-state index contributed by atoms with van der Waals surface area (Å²) in [6.45, 7) is 4.98. The average molecular weight is 367 g/mol. The van der Waals surface area contributed by atoms with Gasteiger partial charge in [0.05, 0.1) is 12.6 Å². The van der Waals surface area contributed by atoms with Crippen LogP contribution in [0, 0.1) is 0 Å². The van der Waals surface area contributed by atoms with Crippen molar-refractivity contribution >= 4 is 5.90 Å². The molecule has 2 aromatic carbocycles. The minimum Gasteiger partial charge on any atom is -0.497 e. The molecular weight excluding hydrogens is 338 g/mol. The summed E-state index contributed by atoms with van der Waals surface area (Å²) in [6.07, 6.45) is 2.69. The van der Waals surface area contributed by atoms with Crippen molar-refractivity contribution in [2.75, 3.05) is 20.3 Å². The number of methoxy groups -OCH3 is 1. The molecule has 1 atom stereocenters. The Morgan fingerprint density at radius 2 is 1.93 bits per heavy atom. The molecule has 0 aromatic heterocycles. The Morgan fingerprint density at radius 1 is 1.15 bits per heavy atom. The molecule has 0 amide bonds. The molecule has 1 unspecified atom stereocenters. The number of aliphatic hydroxyl groups excluding tert-OH is 1. The zero-order chi connectivity index (χ0) is 19.3. The topological polar surface area (TPSA) is 51.0 Å². The van der Waals surface area contributed by atoms with Crippen molar-refractivity contribution in [1.82, 2.24) is 0 Å². The molecule has 0 bridgehead atoms. The highest BCUT2D eigenvalue weighted by atomic mass is 16.5. The van der Waals surface area contributed by atoms with Crippen LogP contribution in [0.4, 0.5) is 0 Å². The number of hydrogen-bond donors (Lipinski definition) is 1. The second-order valence-electron chi connectivity index (χ2n) is 7.65. The van der Waals surface area contributed by atoms with Crippen LogP contribution in [-0.4, -0.2) is 36.9 Å². The average Bonchev–Trinajstić information content (AvgIpc) is 3.05. The van der Waals surface area contributed by atoms with E-state index in [-0.39, 0.29) is 18.1 Å². The van der Waals surface area contributed by atoms with E-state index in [2.05, 4.69) is 50.2 Å². The van der Waals surface area contributed by atoms with E-state index in [0.29, 0.717) is 12.5 Å². The second kappa shape index (κ2) is 8.57. The highest BCUT2D eigenvalue weighted by Crippen LogP contribution is 2.36. The van der Waals surface area contributed by atoms with Crippen molar-refractivity contribution in [3.05, 3.63) is 65.2 Å². The molecule has 1 aliphatic heterocycles. The molecule has 4 heteroatoms. The molecule has 144 valence electrons. The van der Waals surface area contributed by atoms with Gasteiger partial charge in [-0.2, -0.15) is 0 Å². The third-order valence-corrected chi connectivity index (χ3v) is 4.93. The smallest absolute Gasteiger partial charge is 0.217 e. The van der Waals surface area contributed by atoms with Crippen molar-refractivity contribution in [1.29, 1.82) is 0 Å². The van der Waals surface area contributed by atoms with E-state index in [9.17, 15) is 5.11 Å². The van der Waals surface area contributed by atoms with Gasteiger partial charge in [-0.1, -0.05) is 36.8 Å². The van der Waals surface area contributed by atoms with Crippen LogP contribution < -0.4 is 4.74 Å². The molecule has 0 saturated carbocycles. The Labute approximate surface area is 161 Å². The van der Waals surface area contributed by atoms with Crippen LogP contribution in [0.25, 0.3) is 0 Å². The molecule has 4 nitrogen and oxygen atoms in total. The van der Waals surface area contributed by atoms with Crippen molar-refractivity contribution < 1.29 is 14.6 Å². The van der Waals surface area contributed by atoms with Crippen LogP contribution in [0.5, 0.6) is 5.75 Å². The van der Waals surface area contributed by atoms with Crippen LogP contribution in [0.1, 0.15) is 55.7 Å². The molecule has 1 aliphatic rings. The van der Waals surface area contributed by atoms with E-state index in [1.165, 1.54) is 5.56 Å². The van der Waals surface area contributed by atoms with Gasteiger partial charge in [0.1, 0.15) is 12.4 Å². The molecule has 0 spiro atoms. The maximum absolute atomic E-state index is 9.23. The fourth-order valence-corrected chi connectivity index (χ4v) is 3.52. The molecule has 1 N–H and O–H groups in total. The zero-order valence-electron chi connectivity index (χ0n) is 16.4. The highest BCUT2D eigenvalue weighted by Gasteiger charge is 2.30. The molecule has 2 aromatic rings. The number of aliphatic imine (C=N–C) groups is 1. The number of aliphatic hydroxyl groups is 1. The zero-order valence-corrected chi connectivity index (χ0v) is 16.4.